The molecule has 0 fully saturated rings. The molecule has 0 aliphatic heterocycles. The summed E-state index contributed by atoms with van der Waals surface area (Å²) in [6, 6.07) is 21.9. The van der Waals surface area contributed by atoms with Crippen molar-refractivity contribution in [1.29, 1.82) is 0 Å². The molecular weight excluding hydrogens is 391 g/mol. The molecule has 5 nitrogen and oxygen atoms in total. The summed E-state index contributed by atoms with van der Waals surface area (Å²) in [6.07, 6.45) is 0.217. The van der Waals surface area contributed by atoms with E-state index in [2.05, 4.69) is 10.6 Å². The number of hydrogen-bond donors (Lipinski definition) is 2. The molecule has 0 saturated carbocycles. The minimum Gasteiger partial charge on any atom is -0.368 e. The third-order valence-electron chi connectivity index (χ3n) is 4.93. The van der Waals surface area contributed by atoms with Crippen LogP contribution in [0.4, 0.5) is 10.2 Å². The van der Waals surface area contributed by atoms with E-state index in [-0.39, 0.29) is 18.1 Å². The maximum atomic E-state index is 13.0. The molecule has 1 aromatic heterocycles. The molecule has 0 bridgehead atoms. The zero-order valence-electron chi connectivity index (χ0n) is 17.2. The van der Waals surface area contributed by atoms with Gasteiger partial charge in [0.1, 0.15) is 11.6 Å². The first-order chi connectivity index (χ1) is 15.1. The highest BCUT2D eigenvalue weighted by atomic mass is 19.1. The van der Waals surface area contributed by atoms with Gasteiger partial charge in [-0.3, -0.25) is 4.79 Å². The largest absolute Gasteiger partial charge is 0.368 e. The van der Waals surface area contributed by atoms with E-state index in [1.54, 1.807) is 12.1 Å². The molecule has 4 aromatic rings. The van der Waals surface area contributed by atoms with Gasteiger partial charge in [-0.2, -0.15) is 0 Å². The standard InChI is InChI=1S/C25H23FN4O/c1-17-6-10-19(11-7-17)24-29-22-5-3-2-4-21(22)25(30-24)28-15-14-27-23(31)16-18-8-12-20(26)13-9-18/h2-13H,14-16H2,1H3,(H,27,31)(H,28,29,30). The van der Waals surface area contributed by atoms with E-state index in [9.17, 15) is 9.18 Å². The number of rotatable bonds is 7. The molecule has 0 saturated heterocycles. The molecule has 0 unspecified atom stereocenters. The summed E-state index contributed by atoms with van der Waals surface area (Å²) in [7, 11) is 0. The molecular formula is C25H23FN4O. The van der Waals surface area contributed by atoms with Gasteiger partial charge in [-0.1, -0.05) is 54.1 Å². The topological polar surface area (TPSA) is 66.9 Å². The third kappa shape index (κ3) is 5.22. The van der Waals surface area contributed by atoms with Crippen molar-refractivity contribution in [3.63, 3.8) is 0 Å². The second-order valence-electron chi connectivity index (χ2n) is 7.36. The fraction of sp³-hybridized carbons (Fsp3) is 0.160. The van der Waals surface area contributed by atoms with Crippen molar-refractivity contribution < 1.29 is 9.18 Å². The Balaban J connectivity index is 1.42. The van der Waals surface area contributed by atoms with Gasteiger partial charge in [-0.25, -0.2) is 14.4 Å². The monoisotopic (exact) mass is 414 g/mol. The van der Waals surface area contributed by atoms with Crippen molar-refractivity contribution in [1.82, 2.24) is 15.3 Å². The minimum absolute atomic E-state index is 0.110. The Morgan fingerprint density at radius 3 is 2.42 bits per heavy atom. The van der Waals surface area contributed by atoms with Crippen LogP contribution in [0.2, 0.25) is 0 Å². The number of hydrogen-bond acceptors (Lipinski definition) is 4. The third-order valence-corrected chi connectivity index (χ3v) is 4.93. The Bertz CT molecular complexity index is 1190. The number of benzene rings is 3. The molecule has 2 N–H and O–H groups in total. The number of aromatic nitrogens is 2. The summed E-state index contributed by atoms with van der Waals surface area (Å²) in [4.78, 5) is 21.6. The molecule has 1 heterocycles. The van der Waals surface area contributed by atoms with Crippen LogP contribution < -0.4 is 10.6 Å². The number of amides is 1. The van der Waals surface area contributed by atoms with E-state index in [0.29, 0.717) is 18.9 Å². The van der Waals surface area contributed by atoms with Gasteiger partial charge in [-0.15, -0.1) is 0 Å². The fourth-order valence-electron chi connectivity index (χ4n) is 3.28. The van der Waals surface area contributed by atoms with Crippen LogP contribution in [-0.2, 0) is 11.2 Å². The lowest BCUT2D eigenvalue weighted by molar-refractivity contribution is -0.120. The van der Waals surface area contributed by atoms with Crippen LogP contribution in [0.1, 0.15) is 11.1 Å². The first kappa shape index (κ1) is 20.5. The van der Waals surface area contributed by atoms with Gasteiger partial charge in [-0.05, 0) is 36.8 Å². The van der Waals surface area contributed by atoms with Crippen LogP contribution in [-0.4, -0.2) is 29.0 Å². The van der Waals surface area contributed by atoms with Gasteiger partial charge in [0, 0.05) is 24.0 Å². The number of carbonyl (C=O) groups excluding carboxylic acids is 1. The van der Waals surface area contributed by atoms with Crippen molar-refractivity contribution >= 4 is 22.6 Å². The van der Waals surface area contributed by atoms with Crippen molar-refractivity contribution in [3.05, 3.63) is 89.7 Å². The SMILES string of the molecule is Cc1ccc(-c2nc(NCCNC(=O)Cc3ccc(F)cc3)c3ccccc3n2)cc1. The molecule has 156 valence electrons. The fourth-order valence-corrected chi connectivity index (χ4v) is 3.28. The first-order valence-corrected chi connectivity index (χ1v) is 10.2. The number of para-hydroxylation sites is 1. The number of nitrogens with one attached hydrogen (secondary N) is 2. The Hall–Kier alpha value is -3.80. The molecule has 31 heavy (non-hydrogen) atoms. The van der Waals surface area contributed by atoms with E-state index >= 15 is 0 Å². The van der Waals surface area contributed by atoms with Crippen LogP contribution in [0.25, 0.3) is 22.3 Å². The van der Waals surface area contributed by atoms with Gasteiger partial charge < -0.3 is 10.6 Å². The van der Waals surface area contributed by atoms with E-state index < -0.39 is 0 Å². The summed E-state index contributed by atoms with van der Waals surface area (Å²) in [6.45, 7) is 3.00. The summed E-state index contributed by atoms with van der Waals surface area (Å²) in [5.41, 5.74) is 3.76. The highest BCUT2D eigenvalue weighted by Gasteiger charge is 2.09. The van der Waals surface area contributed by atoms with Crippen molar-refractivity contribution in [2.75, 3.05) is 18.4 Å². The molecule has 6 heteroatoms. The predicted octanol–water partition coefficient (Wildman–Crippen LogP) is 4.52. The van der Waals surface area contributed by atoms with Gasteiger partial charge in [0.05, 0.1) is 11.9 Å². The van der Waals surface area contributed by atoms with Crippen LogP contribution in [0.5, 0.6) is 0 Å². The number of fused-ring (bicyclic) bond motifs is 1. The highest BCUT2D eigenvalue weighted by molar-refractivity contribution is 5.90. The van der Waals surface area contributed by atoms with Gasteiger partial charge >= 0.3 is 0 Å². The molecule has 0 aliphatic carbocycles. The number of aryl methyl sites for hydroxylation is 1. The molecule has 0 radical (unpaired) electrons. The molecule has 0 atom stereocenters. The summed E-state index contributed by atoms with van der Waals surface area (Å²) >= 11 is 0. The number of anilines is 1. The van der Waals surface area contributed by atoms with Gasteiger partial charge in [0.15, 0.2) is 5.82 Å². The van der Waals surface area contributed by atoms with Crippen LogP contribution in [0, 0.1) is 12.7 Å². The average molecular weight is 414 g/mol. The Morgan fingerprint density at radius 2 is 1.65 bits per heavy atom. The Morgan fingerprint density at radius 1 is 0.903 bits per heavy atom. The molecule has 0 aliphatic rings. The Kier molecular flexibility index (Phi) is 6.17. The Labute approximate surface area is 180 Å². The maximum absolute atomic E-state index is 13.0. The minimum atomic E-state index is -0.310. The average Bonchev–Trinajstić information content (AvgIpc) is 2.78. The lowest BCUT2D eigenvalue weighted by Crippen LogP contribution is -2.30. The first-order valence-electron chi connectivity index (χ1n) is 10.2. The predicted molar refractivity (Wildman–Crippen MR) is 121 cm³/mol. The second kappa shape index (κ2) is 9.34. The van der Waals surface area contributed by atoms with Crippen LogP contribution >= 0.6 is 0 Å². The molecule has 3 aromatic carbocycles. The van der Waals surface area contributed by atoms with E-state index in [1.165, 1.54) is 17.7 Å². The van der Waals surface area contributed by atoms with E-state index in [4.69, 9.17) is 9.97 Å². The van der Waals surface area contributed by atoms with Gasteiger partial charge in [0.25, 0.3) is 0 Å². The van der Waals surface area contributed by atoms with E-state index in [0.717, 1.165) is 27.8 Å². The summed E-state index contributed by atoms with van der Waals surface area (Å²) < 4.78 is 13.0. The smallest absolute Gasteiger partial charge is 0.224 e. The molecule has 0 spiro atoms. The zero-order chi connectivity index (χ0) is 21.6. The van der Waals surface area contributed by atoms with Crippen molar-refractivity contribution in [2.45, 2.75) is 13.3 Å². The number of nitrogens with zero attached hydrogens (tertiary/aromatic N) is 2. The lowest BCUT2D eigenvalue weighted by atomic mass is 10.1. The summed E-state index contributed by atoms with van der Waals surface area (Å²) in [5, 5.41) is 7.13. The van der Waals surface area contributed by atoms with Crippen LogP contribution in [0.15, 0.2) is 72.8 Å². The highest BCUT2D eigenvalue weighted by Crippen LogP contribution is 2.24. The number of carbonyl (C=O) groups is 1. The van der Waals surface area contributed by atoms with E-state index in [1.807, 2.05) is 55.5 Å². The summed E-state index contributed by atoms with van der Waals surface area (Å²) in [5.74, 6) is 0.965. The number of halogens is 1. The second-order valence-corrected chi connectivity index (χ2v) is 7.36. The quantitative estimate of drug-likeness (QED) is 0.437. The lowest BCUT2D eigenvalue weighted by Gasteiger charge is -2.12. The zero-order valence-corrected chi connectivity index (χ0v) is 17.2. The molecule has 1 amide bonds. The maximum Gasteiger partial charge on any atom is 0.224 e. The normalized spacial score (nSPS) is 10.8. The van der Waals surface area contributed by atoms with Crippen molar-refractivity contribution in [3.8, 4) is 11.4 Å². The van der Waals surface area contributed by atoms with Gasteiger partial charge in [0.2, 0.25) is 5.91 Å². The molecule has 4 rings (SSSR count). The van der Waals surface area contributed by atoms with Crippen molar-refractivity contribution in [2.24, 2.45) is 0 Å². The van der Waals surface area contributed by atoms with Crippen LogP contribution in [0.3, 0.4) is 0 Å².